The molecule has 0 amide bonds. The van der Waals surface area contributed by atoms with Crippen LogP contribution in [0.2, 0.25) is 0 Å². The summed E-state index contributed by atoms with van der Waals surface area (Å²) in [6, 6.07) is 5.38. The van der Waals surface area contributed by atoms with Crippen molar-refractivity contribution in [1.29, 1.82) is 0 Å². The zero-order chi connectivity index (χ0) is 11.7. The van der Waals surface area contributed by atoms with E-state index < -0.39 is 0 Å². The van der Waals surface area contributed by atoms with Crippen LogP contribution in [0.15, 0.2) is 23.0 Å². The highest BCUT2D eigenvalue weighted by Crippen LogP contribution is 2.16. The van der Waals surface area contributed by atoms with E-state index in [9.17, 15) is 4.79 Å². The highest BCUT2D eigenvalue weighted by Gasteiger charge is 2.07. The second-order valence-electron chi connectivity index (χ2n) is 3.85. The van der Waals surface area contributed by atoms with Gasteiger partial charge in [0.2, 0.25) is 0 Å². The molecule has 2 heterocycles. The summed E-state index contributed by atoms with van der Waals surface area (Å²) in [6.07, 6.45) is 0. The van der Waals surface area contributed by atoms with E-state index >= 15 is 0 Å². The van der Waals surface area contributed by atoms with Gasteiger partial charge in [-0.25, -0.2) is 9.97 Å². The Morgan fingerprint density at radius 3 is 2.50 bits per heavy atom. The summed E-state index contributed by atoms with van der Waals surface area (Å²) in [7, 11) is 0. The van der Waals surface area contributed by atoms with Crippen LogP contribution in [0, 0.1) is 20.8 Å². The average Bonchev–Trinajstić information content (AvgIpc) is 2.20. The maximum atomic E-state index is 11.4. The lowest BCUT2D eigenvalue weighted by molar-refractivity contribution is 1.04. The Bertz CT molecular complexity index is 587. The number of nitrogens with zero attached hydrogens (tertiary/aromatic N) is 2. The molecule has 82 valence electrons. The molecule has 4 nitrogen and oxygen atoms in total. The summed E-state index contributed by atoms with van der Waals surface area (Å²) in [5, 5.41) is 0. The van der Waals surface area contributed by atoms with Crippen molar-refractivity contribution in [3.63, 3.8) is 0 Å². The van der Waals surface area contributed by atoms with Crippen molar-refractivity contribution in [1.82, 2.24) is 15.0 Å². The Morgan fingerprint density at radius 1 is 1.06 bits per heavy atom. The van der Waals surface area contributed by atoms with Gasteiger partial charge in [-0.2, -0.15) is 0 Å². The van der Waals surface area contributed by atoms with Crippen molar-refractivity contribution in [2.24, 2.45) is 0 Å². The maximum absolute atomic E-state index is 11.4. The predicted molar refractivity (Wildman–Crippen MR) is 62.3 cm³/mol. The minimum atomic E-state index is -0.148. The monoisotopic (exact) mass is 215 g/mol. The summed E-state index contributed by atoms with van der Waals surface area (Å²) in [5.74, 6) is 0.534. The molecule has 0 aromatic carbocycles. The second kappa shape index (κ2) is 3.89. The molecule has 0 saturated carbocycles. The number of rotatable bonds is 1. The van der Waals surface area contributed by atoms with Crippen LogP contribution < -0.4 is 5.56 Å². The molecule has 0 aliphatic carbocycles. The Morgan fingerprint density at radius 2 is 1.81 bits per heavy atom. The van der Waals surface area contributed by atoms with Gasteiger partial charge in [0.05, 0.1) is 0 Å². The molecule has 0 spiro atoms. The maximum Gasteiger partial charge on any atom is 0.251 e. The fourth-order valence-corrected chi connectivity index (χ4v) is 1.56. The first-order valence-electron chi connectivity index (χ1n) is 5.09. The predicted octanol–water partition coefficient (Wildman–Crippen LogP) is 1.76. The highest BCUT2D eigenvalue weighted by molar-refractivity contribution is 5.54. The summed E-state index contributed by atoms with van der Waals surface area (Å²) >= 11 is 0. The molecule has 0 aliphatic heterocycles. The molecule has 16 heavy (non-hydrogen) atoms. The Kier molecular flexibility index (Phi) is 2.56. The van der Waals surface area contributed by atoms with Gasteiger partial charge in [0.1, 0.15) is 5.69 Å². The minimum absolute atomic E-state index is 0.148. The summed E-state index contributed by atoms with van der Waals surface area (Å²) in [4.78, 5) is 22.7. The molecule has 0 aliphatic rings. The van der Waals surface area contributed by atoms with E-state index in [4.69, 9.17) is 0 Å². The first-order chi connectivity index (χ1) is 7.56. The zero-order valence-electron chi connectivity index (χ0n) is 9.53. The SMILES string of the molecule is Cc1cc(=O)[nH]c(-c2nc(C)ccc2C)n1. The van der Waals surface area contributed by atoms with E-state index in [1.165, 1.54) is 6.07 Å². The number of aryl methyl sites for hydroxylation is 3. The molecule has 2 rings (SSSR count). The van der Waals surface area contributed by atoms with Crippen LogP contribution in [0.3, 0.4) is 0 Å². The van der Waals surface area contributed by atoms with E-state index in [1.54, 1.807) is 6.92 Å². The summed E-state index contributed by atoms with van der Waals surface area (Å²) in [5.41, 5.74) is 3.19. The van der Waals surface area contributed by atoms with Crippen LogP contribution in [-0.4, -0.2) is 15.0 Å². The topological polar surface area (TPSA) is 58.6 Å². The lowest BCUT2D eigenvalue weighted by atomic mass is 10.2. The molecule has 0 atom stereocenters. The molecule has 0 radical (unpaired) electrons. The number of hydrogen-bond donors (Lipinski definition) is 1. The smallest absolute Gasteiger partial charge is 0.251 e. The summed E-state index contributed by atoms with van der Waals surface area (Å²) < 4.78 is 0. The Balaban J connectivity index is 2.66. The van der Waals surface area contributed by atoms with E-state index in [-0.39, 0.29) is 5.56 Å². The van der Waals surface area contributed by atoms with Crippen LogP contribution in [-0.2, 0) is 0 Å². The number of H-pyrrole nitrogens is 1. The van der Waals surface area contributed by atoms with Crippen LogP contribution in [0.1, 0.15) is 17.0 Å². The molecule has 0 fully saturated rings. The third-order valence-electron chi connectivity index (χ3n) is 2.33. The third kappa shape index (κ3) is 2.00. The molecule has 4 heteroatoms. The minimum Gasteiger partial charge on any atom is -0.305 e. The van der Waals surface area contributed by atoms with Gasteiger partial charge in [-0.1, -0.05) is 6.07 Å². The third-order valence-corrected chi connectivity index (χ3v) is 2.33. The van der Waals surface area contributed by atoms with E-state index in [0.717, 1.165) is 17.0 Å². The number of aromatic amines is 1. The average molecular weight is 215 g/mol. The number of aromatic nitrogens is 3. The van der Waals surface area contributed by atoms with Gasteiger partial charge in [-0.3, -0.25) is 4.79 Å². The van der Waals surface area contributed by atoms with E-state index in [2.05, 4.69) is 15.0 Å². The van der Waals surface area contributed by atoms with Gasteiger partial charge in [0.15, 0.2) is 5.82 Å². The van der Waals surface area contributed by atoms with Crippen molar-refractivity contribution < 1.29 is 0 Å². The van der Waals surface area contributed by atoms with Crippen LogP contribution in [0.25, 0.3) is 11.5 Å². The molecule has 0 saturated heterocycles. The van der Waals surface area contributed by atoms with Crippen molar-refractivity contribution >= 4 is 0 Å². The number of pyridine rings is 1. The van der Waals surface area contributed by atoms with Gasteiger partial charge in [0.25, 0.3) is 5.56 Å². The van der Waals surface area contributed by atoms with E-state index in [1.807, 2.05) is 26.0 Å². The van der Waals surface area contributed by atoms with Crippen molar-refractivity contribution in [3.05, 3.63) is 45.5 Å². The highest BCUT2D eigenvalue weighted by atomic mass is 16.1. The van der Waals surface area contributed by atoms with Crippen molar-refractivity contribution in [3.8, 4) is 11.5 Å². The molecule has 2 aromatic rings. The van der Waals surface area contributed by atoms with Crippen LogP contribution >= 0.6 is 0 Å². The molecule has 0 bridgehead atoms. The Labute approximate surface area is 93.4 Å². The zero-order valence-corrected chi connectivity index (χ0v) is 9.53. The van der Waals surface area contributed by atoms with E-state index in [0.29, 0.717) is 11.5 Å². The molecular formula is C12H13N3O. The first-order valence-corrected chi connectivity index (χ1v) is 5.09. The molecule has 2 aromatic heterocycles. The van der Waals surface area contributed by atoms with Gasteiger partial charge in [0, 0.05) is 17.5 Å². The number of hydrogen-bond acceptors (Lipinski definition) is 3. The Hall–Kier alpha value is -1.97. The fraction of sp³-hybridized carbons (Fsp3) is 0.250. The number of nitrogens with one attached hydrogen (secondary N) is 1. The van der Waals surface area contributed by atoms with Crippen molar-refractivity contribution in [2.75, 3.05) is 0 Å². The summed E-state index contributed by atoms with van der Waals surface area (Å²) in [6.45, 7) is 5.66. The molecule has 0 unspecified atom stereocenters. The molecular weight excluding hydrogens is 202 g/mol. The van der Waals surface area contributed by atoms with Gasteiger partial charge in [-0.15, -0.1) is 0 Å². The first kappa shape index (κ1) is 10.5. The lowest BCUT2D eigenvalue weighted by Gasteiger charge is -2.05. The van der Waals surface area contributed by atoms with Gasteiger partial charge >= 0.3 is 0 Å². The molecule has 1 N–H and O–H groups in total. The van der Waals surface area contributed by atoms with Crippen molar-refractivity contribution in [2.45, 2.75) is 20.8 Å². The van der Waals surface area contributed by atoms with Crippen LogP contribution in [0.5, 0.6) is 0 Å². The lowest BCUT2D eigenvalue weighted by Crippen LogP contribution is -2.10. The normalized spacial score (nSPS) is 10.4. The van der Waals surface area contributed by atoms with Gasteiger partial charge in [-0.05, 0) is 32.4 Å². The van der Waals surface area contributed by atoms with Crippen LogP contribution in [0.4, 0.5) is 0 Å². The quantitative estimate of drug-likeness (QED) is 0.788. The fourth-order valence-electron chi connectivity index (χ4n) is 1.56. The van der Waals surface area contributed by atoms with Gasteiger partial charge < -0.3 is 4.98 Å². The largest absolute Gasteiger partial charge is 0.305 e. The standard InChI is InChI=1S/C12H13N3O/c1-7-4-5-8(2)13-11(7)12-14-9(3)6-10(16)15-12/h4-6H,1-3H3,(H,14,15,16). The second-order valence-corrected chi connectivity index (χ2v) is 3.85.